The van der Waals surface area contributed by atoms with Crippen molar-refractivity contribution in [2.75, 3.05) is 5.32 Å². The van der Waals surface area contributed by atoms with Gasteiger partial charge in [0.2, 0.25) is 0 Å². The van der Waals surface area contributed by atoms with Gasteiger partial charge in [0.15, 0.2) is 0 Å². The molecule has 0 saturated heterocycles. The van der Waals surface area contributed by atoms with Crippen molar-refractivity contribution in [2.24, 2.45) is 0 Å². The van der Waals surface area contributed by atoms with Crippen LogP contribution in [-0.2, 0) is 11.2 Å². The third-order valence-electron chi connectivity index (χ3n) is 3.82. The molecule has 3 nitrogen and oxygen atoms in total. The molecule has 1 aliphatic rings. The van der Waals surface area contributed by atoms with E-state index < -0.39 is 0 Å². The minimum Gasteiger partial charge on any atom is -0.506 e. The van der Waals surface area contributed by atoms with Gasteiger partial charge >= 0.3 is 0 Å². The van der Waals surface area contributed by atoms with Crippen LogP contribution < -0.4 is 5.32 Å². The monoisotopic (exact) mass is 435 g/mol. The smallest absolute Gasteiger partial charge is 0.256 e. The number of aromatic hydroxyl groups is 1. The van der Waals surface area contributed by atoms with Gasteiger partial charge in [0.25, 0.3) is 5.91 Å². The Kier molecular flexibility index (Phi) is 4.60. The molecule has 0 aromatic heterocycles. The first-order valence-corrected chi connectivity index (χ1v) is 8.83. The number of anilines is 1. The van der Waals surface area contributed by atoms with Crippen molar-refractivity contribution in [3.05, 3.63) is 62.0 Å². The highest BCUT2D eigenvalue weighted by molar-refractivity contribution is 9.11. The van der Waals surface area contributed by atoms with Gasteiger partial charge in [-0.3, -0.25) is 4.79 Å². The SMILES string of the molecule is Cc1ccc2c(c1)/C(=C/CCc1cc(Br)c(O)c(Br)c1)C(=O)N2. The lowest BCUT2D eigenvalue weighted by Crippen LogP contribution is -2.03. The zero-order valence-electron chi connectivity index (χ0n) is 12.5. The second-order valence-electron chi connectivity index (χ2n) is 5.57. The Morgan fingerprint density at radius 3 is 2.57 bits per heavy atom. The average molecular weight is 437 g/mol. The molecule has 1 heterocycles. The Hall–Kier alpha value is -1.59. The number of phenolic OH excluding ortho intramolecular Hbond substituents is 1. The quantitative estimate of drug-likeness (QED) is 0.650. The maximum absolute atomic E-state index is 12.1. The van der Waals surface area contributed by atoms with Crippen LogP contribution >= 0.6 is 31.9 Å². The predicted octanol–water partition coefficient (Wildman–Crippen LogP) is 5.19. The molecule has 2 aromatic rings. The molecule has 3 rings (SSSR count). The van der Waals surface area contributed by atoms with Gasteiger partial charge in [-0.2, -0.15) is 0 Å². The van der Waals surface area contributed by atoms with E-state index in [0.717, 1.165) is 40.8 Å². The first-order chi connectivity index (χ1) is 11.0. The highest BCUT2D eigenvalue weighted by Gasteiger charge is 2.23. The summed E-state index contributed by atoms with van der Waals surface area (Å²) in [4.78, 5) is 12.1. The summed E-state index contributed by atoms with van der Waals surface area (Å²) in [6.45, 7) is 2.02. The lowest BCUT2D eigenvalue weighted by atomic mass is 10.0. The first kappa shape index (κ1) is 16.3. The van der Waals surface area contributed by atoms with Crippen molar-refractivity contribution < 1.29 is 9.90 Å². The Balaban J connectivity index is 1.79. The molecule has 0 aliphatic carbocycles. The van der Waals surface area contributed by atoms with Crippen LogP contribution in [0.3, 0.4) is 0 Å². The standard InChI is InChI=1S/C18H15Br2NO2/c1-10-5-6-16-13(7-10)12(18(23)21-16)4-2-3-11-8-14(19)17(22)15(20)9-11/h4-9,22H,2-3H2,1H3,(H,21,23)/b12-4-. The van der Waals surface area contributed by atoms with Crippen molar-refractivity contribution in [3.63, 3.8) is 0 Å². The second-order valence-corrected chi connectivity index (χ2v) is 7.28. The molecule has 0 bridgehead atoms. The number of fused-ring (bicyclic) bond motifs is 1. The number of hydrogen-bond acceptors (Lipinski definition) is 2. The molecular weight excluding hydrogens is 422 g/mol. The van der Waals surface area contributed by atoms with Crippen LogP contribution in [-0.4, -0.2) is 11.0 Å². The van der Waals surface area contributed by atoms with Crippen molar-refractivity contribution in [2.45, 2.75) is 19.8 Å². The average Bonchev–Trinajstić information content (AvgIpc) is 2.80. The number of amides is 1. The summed E-state index contributed by atoms with van der Waals surface area (Å²) in [6, 6.07) is 9.76. The van der Waals surface area contributed by atoms with E-state index in [2.05, 4.69) is 37.2 Å². The molecule has 1 amide bonds. The molecule has 0 atom stereocenters. The van der Waals surface area contributed by atoms with Crippen LogP contribution in [0.4, 0.5) is 5.69 Å². The van der Waals surface area contributed by atoms with Crippen molar-refractivity contribution in [1.29, 1.82) is 0 Å². The molecule has 118 valence electrons. The lowest BCUT2D eigenvalue weighted by Gasteiger charge is -2.05. The normalized spacial score (nSPS) is 14.9. The third-order valence-corrected chi connectivity index (χ3v) is 5.03. The highest BCUT2D eigenvalue weighted by atomic mass is 79.9. The van der Waals surface area contributed by atoms with E-state index in [0.29, 0.717) is 8.95 Å². The van der Waals surface area contributed by atoms with Crippen molar-refractivity contribution in [3.8, 4) is 5.75 Å². The number of phenols is 1. The van der Waals surface area contributed by atoms with Gasteiger partial charge in [-0.1, -0.05) is 17.7 Å². The van der Waals surface area contributed by atoms with E-state index in [4.69, 9.17) is 0 Å². The molecule has 5 heteroatoms. The number of benzene rings is 2. The molecule has 0 spiro atoms. The Labute approximate surface area is 151 Å². The summed E-state index contributed by atoms with van der Waals surface area (Å²) in [6.07, 6.45) is 3.52. The number of allylic oxidation sites excluding steroid dienone is 1. The zero-order chi connectivity index (χ0) is 16.6. The topological polar surface area (TPSA) is 49.3 Å². The fraction of sp³-hybridized carbons (Fsp3) is 0.167. The predicted molar refractivity (Wildman–Crippen MR) is 99.6 cm³/mol. The largest absolute Gasteiger partial charge is 0.506 e. The maximum atomic E-state index is 12.1. The van der Waals surface area contributed by atoms with Crippen LogP contribution in [0.1, 0.15) is 23.1 Å². The molecule has 0 unspecified atom stereocenters. The number of aryl methyl sites for hydroxylation is 2. The van der Waals surface area contributed by atoms with Gasteiger partial charge in [-0.05, 0) is 81.5 Å². The van der Waals surface area contributed by atoms with E-state index in [-0.39, 0.29) is 11.7 Å². The Morgan fingerprint density at radius 2 is 1.87 bits per heavy atom. The van der Waals surface area contributed by atoms with Crippen LogP contribution in [0.5, 0.6) is 5.75 Å². The molecular formula is C18H15Br2NO2. The van der Waals surface area contributed by atoms with E-state index in [1.807, 2.05) is 43.3 Å². The van der Waals surface area contributed by atoms with Crippen LogP contribution in [0, 0.1) is 6.92 Å². The van der Waals surface area contributed by atoms with E-state index in [1.54, 1.807) is 0 Å². The number of carbonyl (C=O) groups excluding carboxylic acids is 1. The van der Waals surface area contributed by atoms with Gasteiger partial charge in [-0.15, -0.1) is 0 Å². The molecule has 0 saturated carbocycles. The highest BCUT2D eigenvalue weighted by Crippen LogP contribution is 2.35. The van der Waals surface area contributed by atoms with Crippen LogP contribution in [0.2, 0.25) is 0 Å². The summed E-state index contributed by atoms with van der Waals surface area (Å²) in [5, 5.41) is 12.6. The van der Waals surface area contributed by atoms with E-state index >= 15 is 0 Å². The fourth-order valence-electron chi connectivity index (χ4n) is 2.65. The minimum atomic E-state index is -0.0429. The molecule has 23 heavy (non-hydrogen) atoms. The Bertz CT molecular complexity index is 805. The van der Waals surface area contributed by atoms with Crippen LogP contribution in [0.15, 0.2) is 45.4 Å². The van der Waals surface area contributed by atoms with Gasteiger partial charge < -0.3 is 10.4 Å². The minimum absolute atomic E-state index is 0.0429. The number of hydrogen-bond donors (Lipinski definition) is 2. The molecule has 2 aromatic carbocycles. The molecule has 0 fully saturated rings. The van der Waals surface area contributed by atoms with Crippen molar-refractivity contribution >= 4 is 49.0 Å². The van der Waals surface area contributed by atoms with Gasteiger partial charge in [0.1, 0.15) is 5.75 Å². The summed E-state index contributed by atoms with van der Waals surface area (Å²) < 4.78 is 1.32. The Morgan fingerprint density at radius 1 is 1.17 bits per heavy atom. The third kappa shape index (κ3) is 3.35. The number of rotatable bonds is 3. The summed E-state index contributed by atoms with van der Waals surface area (Å²) in [5.74, 6) is 0.158. The van der Waals surface area contributed by atoms with Gasteiger partial charge in [0.05, 0.1) is 8.95 Å². The maximum Gasteiger partial charge on any atom is 0.256 e. The first-order valence-electron chi connectivity index (χ1n) is 7.25. The molecule has 2 N–H and O–H groups in total. The van der Waals surface area contributed by atoms with E-state index in [1.165, 1.54) is 0 Å². The summed E-state index contributed by atoms with van der Waals surface area (Å²) in [5.41, 5.74) is 4.81. The fourth-order valence-corrected chi connectivity index (χ4v) is 3.93. The number of nitrogens with one attached hydrogen (secondary N) is 1. The van der Waals surface area contributed by atoms with Crippen molar-refractivity contribution in [1.82, 2.24) is 0 Å². The summed E-state index contributed by atoms with van der Waals surface area (Å²) >= 11 is 6.67. The lowest BCUT2D eigenvalue weighted by molar-refractivity contribution is -0.110. The van der Waals surface area contributed by atoms with Gasteiger partial charge in [0, 0.05) is 16.8 Å². The zero-order valence-corrected chi connectivity index (χ0v) is 15.7. The van der Waals surface area contributed by atoms with Crippen LogP contribution in [0.25, 0.3) is 5.57 Å². The second kappa shape index (κ2) is 6.49. The number of carbonyl (C=O) groups is 1. The molecule has 1 aliphatic heterocycles. The molecule has 0 radical (unpaired) electrons. The van der Waals surface area contributed by atoms with Gasteiger partial charge in [-0.25, -0.2) is 0 Å². The number of halogens is 2. The summed E-state index contributed by atoms with van der Waals surface area (Å²) in [7, 11) is 0. The van der Waals surface area contributed by atoms with E-state index in [9.17, 15) is 9.90 Å².